The molecule has 0 fully saturated rings. The van der Waals surface area contributed by atoms with Crippen molar-refractivity contribution in [3.05, 3.63) is 76.2 Å². The van der Waals surface area contributed by atoms with Gasteiger partial charge >= 0.3 is 0 Å². The lowest BCUT2D eigenvalue weighted by atomic mass is 9.96. The lowest BCUT2D eigenvalue weighted by molar-refractivity contribution is 0.102. The largest absolute Gasteiger partial charge is 0.312 e. The quantitative estimate of drug-likeness (QED) is 0.615. The maximum atomic E-state index is 12.9. The highest BCUT2D eigenvalue weighted by Crippen LogP contribution is 2.37. The molecule has 4 rings (SSSR count). The van der Waals surface area contributed by atoms with E-state index in [0.29, 0.717) is 21.8 Å². The molecule has 31 heavy (non-hydrogen) atoms. The first-order valence-electron chi connectivity index (χ1n) is 9.92. The zero-order chi connectivity index (χ0) is 22.0. The van der Waals surface area contributed by atoms with Crippen molar-refractivity contribution in [1.29, 1.82) is 5.26 Å². The van der Waals surface area contributed by atoms with E-state index in [1.54, 1.807) is 24.3 Å². The SMILES string of the molecule is CN(c1ccccc1)S(=O)(=O)c1ccc(C(=O)Nc2sc3c(c2C#N)CCCC3)cc1. The van der Waals surface area contributed by atoms with Gasteiger partial charge in [0.05, 0.1) is 16.1 Å². The van der Waals surface area contributed by atoms with Crippen LogP contribution >= 0.6 is 11.3 Å². The van der Waals surface area contributed by atoms with E-state index in [1.807, 2.05) is 6.07 Å². The number of nitriles is 1. The third kappa shape index (κ3) is 4.07. The summed E-state index contributed by atoms with van der Waals surface area (Å²) in [5, 5.41) is 13.0. The molecule has 1 aromatic heterocycles. The molecule has 0 saturated heterocycles. The number of rotatable bonds is 5. The van der Waals surface area contributed by atoms with Crippen LogP contribution in [0.1, 0.15) is 39.2 Å². The van der Waals surface area contributed by atoms with E-state index in [-0.39, 0.29) is 10.8 Å². The highest BCUT2D eigenvalue weighted by Gasteiger charge is 2.24. The van der Waals surface area contributed by atoms with Crippen LogP contribution in [0.2, 0.25) is 0 Å². The molecule has 158 valence electrons. The Balaban J connectivity index is 1.54. The molecule has 0 radical (unpaired) electrons. The zero-order valence-electron chi connectivity index (χ0n) is 17.0. The van der Waals surface area contributed by atoms with Crippen molar-refractivity contribution in [2.24, 2.45) is 0 Å². The first-order valence-corrected chi connectivity index (χ1v) is 12.2. The number of nitrogens with one attached hydrogen (secondary N) is 1. The molecule has 0 spiro atoms. The number of amides is 1. The fraction of sp³-hybridized carbons (Fsp3) is 0.217. The first kappa shape index (κ1) is 21.1. The van der Waals surface area contributed by atoms with Crippen LogP contribution in [0.25, 0.3) is 0 Å². The molecule has 0 saturated carbocycles. The van der Waals surface area contributed by atoms with Crippen LogP contribution < -0.4 is 9.62 Å². The monoisotopic (exact) mass is 451 g/mol. The number of hydrogen-bond donors (Lipinski definition) is 1. The molecule has 6 nitrogen and oxygen atoms in total. The summed E-state index contributed by atoms with van der Waals surface area (Å²) in [6.45, 7) is 0. The second-order valence-electron chi connectivity index (χ2n) is 7.31. The van der Waals surface area contributed by atoms with E-state index in [4.69, 9.17) is 0 Å². The van der Waals surface area contributed by atoms with Crippen LogP contribution in [0.3, 0.4) is 0 Å². The Morgan fingerprint density at radius 3 is 2.42 bits per heavy atom. The summed E-state index contributed by atoms with van der Waals surface area (Å²) in [7, 11) is -2.25. The van der Waals surface area contributed by atoms with Gasteiger partial charge in [-0.1, -0.05) is 18.2 Å². The molecular formula is C23H21N3O3S2. The maximum absolute atomic E-state index is 12.9. The standard InChI is InChI=1S/C23H21N3O3S2/c1-26(17-7-3-2-4-8-17)31(28,29)18-13-11-16(12-14-18)22(27)25-23-20(15-24)19-9-5-6-10-21(19)30-23/h2-4,7-8,11-14H,5-6,9-10H2,1H3,(H,25,27). The van der Waals surface area contributed by atoms with Gasteiger partial charge < -0.3 is 5.32 Å². The van der Waals surface area contributed by atoms with E-state index in [2.05, 4.69) is 11.4 Å². The van der Waals surface area contributed by atoms with Crippen LogP contribution in [0, 0.1) is 11.3 Å². The van der Waals surface area contributed by atoms with Crippen molar-refractivity contribution >= 4 is 38.0 Å². The second-order valence-corrected chi connectivity index (χ2v) is 10.4. The number of thiophene rings is 1. The van der Waals surface area contributed by atoms with Gasteiger partial charge in [0.1, 0.15) is 11.1 Å². The Morgan fingerprint density at radius 1 is 1.06 bits per heavy atom. The van der Waals surface area contributed by atoms with Gasteiger partial charge in [0.2, 0.25) is 0 Å². The fourth-order valence-corrected chi connectivity index (χ4v) is 6.09. The average molecular weight is 452 g/mol. The van der Waals surface area contributed by atoms with Gasteiger partial charge in [-0.3, -0.25) is 9.10 Å². The number of hydrogen-bond acceptors (Lipinski definition) is 5. The smallest absolute Gasteiger partial charge is 0.264 e. The number of sulfonamides is 1. The summed E-state index contributed by atoms with van der Waals surface area (Å²) in [6.07, 6.45) is 3.95. The summed E-state index contributed by atoms with van der Waals surface area (Å²) in [5.74, 6) is -0.365. The zero-order valence-corrected chi connectivity index (χ0v) is 18.6. The van der Waals surface area contributed by atoms with E-state index >= 15 is 0 Å². The van der Waals surface area contributed by atoms with Crippen molar-refractivity contribution in [2.45, 2.75) is 30.6 Å². The molecular weight excluding hydrogens is 430 g/mol. The average Bonchev–Trinajstić information content (AvgIpc) is 3.16. The van der Waals surface area contributed by atoms with Crippen LogP contribution in [-0.2, 0) is 22.9 Å². The van der Waals surface area contributed by atoms with Crippen molar-refractivity contribution in [2.75, 3.05) is 16.7 Å². The van der Waals surface area contributed by atoms with Gasteiger partial charge in [-0.2, -0.15) is 5.26 Å². The molecule has 0 bridgehead atoms. The third-order valence-corrected chi connectivity index (χ3v) is 8.41. The number of nitrogens with zero attached hydrogens (tertiary/aromatic N) is 2. The Morgan fingerprint density at radius 2 is 1.74 bits per heavy atom. The number of anilines is 2. The molecule has 1 aliphatic carbocycles. The Kier molecular flexibility index (Phi) is 5.81. The molecule has 0 unspecified atom stereocenters. The summed E-state index contributed by atoms with van der Waals surface area (Å²) >= 11 is 1.46. The number of aryl methyl sites for hydroxylation is 1. The van der Waals surface area contributed by atoms with Crippen LogP contribution in [0.4, 0.5) is 10.7 Å². The van der Waals surface area contributed by atoms with Gasteiger partial charge in [0, 0.05) is 17.5 Å². The van der Waals surface area contributed by atoms with Crippen molar-refractivity contribution < 1.29 is 13.2 Å². The highest BCUT2D eigenvalue weighted by molar-refractivity contribution is 7.92. The number of benzene rings is 2. The van der Waals surface area contributed by atoms with E-state index in [9.17, 15) is 18.5 Å². The number of carbonyl (C=O) groups excluding carboxylic acids is 1. The lowest BCUT2D eigenvalue weighted by Gasteiger charge is -2.19. The molecule has 1 heterocycles. The second kappa shape index (κ2) is 8.53. The van der Waals surface area contributed by atoms with Crippen LogP contribution in [0.5, 0.6) is 0 Å². The molecule has 3 aromatic rings. The summed E-state index contributed by atoms with van der Waals surface area (Å²) in [4.78, 5) is 14.0. The van der Waals surface area contributed by atoms with Crippen LogP contribution in [-0.4, -0.2) is 21.4 Å². The molecule has 0 aliphatic heterocycles. The summed E-state index contributed by atoms with van der Waals surface area (Å²) in [6, 6.07) is 16.8. The van der Waals surface area contributed by atoms with E-state index in [1.165, 1.54) is 51.8 Å². The summed E-state index contributed by atoms with van der Waals surface area (Å²) < 4.78 is 27.0. The molecule has 1 N–H and O–H groups in total. The predicted molar refractivity (Wildman–Crippen MR) is 122 cm³/mol. The van der Waals surface area contributed by atoms with E-state index < -0.39 is 10.0 Å². The van der Waals surface area contributed by atoms with Gasteiger partial charge in [-0.05, 0) is 67.6 Å². The molecule has 0 atom stereocenters. The summed E-state index contributed by atoms with van der Waals surface area (Å²) in [5.41, 5.74) is 2.49. The number of fused-ring (bicyclic) bond motifs is 1. The molecule has 2 aromatic carbocycles. The third-order valence-electron chi connectivity index (χ3n) is 5.40. The molecule has 1 amide bonds. The predicted octanol–water partition coefficient (Wildman–Crippen LogP) is 4.58. The van der Waals surface area contributed by atoms with Crippen molar-refractivity contribution in [3.8, 4) is 6.07 Å². The number of carbonyl (C=O) groups is 1. The topological polar surface area (TPSA) is 90.3 Å². The van der Waals surface area contributed by atoms with Gasteiger partial charge in [-0.25, -0.2) is 8.42 Å². The minimum absolute atomic E-state index is 0.0969. The highest BCUT2D eigenvalue weighted by atomic mass is 32.2. The van der Waals surface area contributed by atoms with Gasteiger partial charge in [-0.15, -0.1) is 11.3 Å². The van der Waals surface area contributed by atoms with Gasteiger partial charge in [0.25, 0.3) is 15.9 Å². The Hall–Kier alpha value is -3.15. The lowest BCUT2D eigenvalue weighted by Crippen LogP contribution is -2.26. The molecule has 1 aliphatic rings. The normalized spacial score (nSPS) is 13.2. The maximum Gasteiger partial charge on any atom is 0.264 e. The fourth-order valence-electron chi connectivity index (χ4n) is 3.66. The minimum Gasteiger partial charge on any atom is -0.312 e. The van der Waals surface area contributed by atoms with Gasteiger partial charge in [0.15, 0.2) is 0 Å². The minimum atomic E-state index is -3.75. The molecule has 8 heteroatoms. The van der Waals surface area contributed by atoms with E-state index in [0.717, 1.165) is 31.2 Å². The Labute approximate surface area is 185 Å². The van der Waals surface area contributed by atoms with Crippen molar-refractivity contribution in [3.63, 3.8) is 0 Å². The number of para-hydroxylation sites is 1. The Bertz CT molecular complexity index is 1260. The van der Waals surface area contributed by atoms with Crippen LogP contribution in [0.15, 0.2) is 59.5 Å². The first-order chi connectivity index (χ1) is 14.9. The van der Waals surface area contributed by atoms with Crippen molar-refractivity contribution in [1.82, 2.24) is 0 Å².